The van der Waals surface area contributed by atoms with Crippen LogP contribution >= 0.6 is 0 Å². The summed E-state index contributed by atoms with van der Waals surface area (Å²) in [5, 5.41) is 6.61. The van der Waals surface area contributed by atoms with Gasteiger partial charge in [0, 0.05) is 6.20 Å². The Hall–Kier alpha value is -1.29. The van der Waals surface area contributed by atoms with Crippen molar-refractivity contribution in [2.45, 2.75) is 0 Å². The maximum Gasteiger partial charge on any atom is 0.131 e. The van der Waals surface area contributed by atoms with Gasteiger partial charge in [0.05, 0.1) is 0 Å². The molecule has 0 saturated heterocycles. The normalized spacial score (nSPS) is 9.00. The molecule has 0 radical (unpaired) electrons. The summed E-state index contributed by atoms with van der Waals surface area (Å²) in [4.78, 5) is 0. The maximum atomic E-state index is 4.50. The number of nitrogens with one attached hydrogen (secondary N) is 1. The fourth-order valence-electron chi connectivity index (χ4n) is 0.746. The molecule has 3 N–H and O–H groups in total. The van der Waals surface area contributed by atoms with Gasteiger partial charge in [0.25, 0.3) is 0 Å². The maximum absolute atomic E-state index is 4.50. The molecule has 0 saturated carbocycles. The first-order valence-corrected chi connectivity index (χ1v) is 3.00. The molecule has 2 rings (SSSR count). The summed E-state index contributed by atoms with van der Waals surface area (Å²) >= 11 is 0. The number of fused-ring (bicyclic) bond motifs is 1. The zero-order chi connectivity index (χ0) is 7.40. The van der Waals surface area contributed by atoms with E-state index in [1.54, 1.807) is 6.33 Å². The van der Waals surface area contributed by atoms with E-state index in [0.717, 1.165) is 5.65 Å². The Morgan fingerprint density at radius 1 is 1.60 bits per heavy atom. The number of H-pyrrole nitrogens is 1. The number of rotatable bonds is 0. The molecule has 0 atom stereocenters. The fraction of sp³-hybridized carbons (Fsp3) is 0.167. The van der Waals surface area contributed by atoms with E-state index in [0.29, 0.717) is 0 Å². The lowest BCUT2D eigenvalue weighted by Gasteiger charge is -1.71. The van der Waals surface area contributed by atoms with Gasteiger partial charge in [-0.05, 0) is 19.2 Å². The van der Waals surface area contributed by atoms with Crippen LogP contribution in [0.4, 0.5) is 0 Å². The van der Waals surface area contributed by atoms with Gasteiger partial charge in [0.1, 0.15) is 12.0 Å². The first kappa shape index (κ1) is 6.82. The summed E-state index contributed by atoms with van der Waals surface area (Å²) in [5.41, 5.74) is 5.53. The predicted molar refractivity (Wildman–Crippen MR) is 39.7 cm³/mol. The Balaban J connectivity index is 0.000000231. The molecule has 0 aliphatic carbocycles. The van der Waals surface area contributed by atoms with Crippen LogP contribution < -0.4 is 5.73 Å². The molecule has 2 heterocycles. The van der Waals surface area contributed by atoms with Crippen LogP contribution in [-0.4, -0.2) is 21.6 Å². The lowest BCUT2D eigenvalue weighted by molar-refractivity contribution is 1.10. The molecule has 10 heavy (non-hydrogen) atoms. The second-order valence-corrected chi connectivity index (χ2v) is 1.66. The highest BCUT2D eigenvalue weighted by molar-refractivity contribution is 5.36. The van der Waals surface area contributed by atoms with E-state index < -0.39 is 0 Å². The zero-order valence-corrected chi connectivity index (χ0v) is 5.78. The third-order valence-corrected chi connectivity index (χ3v) is 1.14. The van der Waals surface area contributed by atoms with Gasteiger partial charge in [0.15, 0.2) is 0 Å². The minimum Gasteiger partial charge on any atom is -0.333 e. The summed E-state index contributed by atoms with van der Waals surface area (Å²) in [7, 11) is 1.50. The van der Waals surface area contributed by atoms with E-state index in [-0.39, 0.29) is 0 Å². The highest BCUT2D eigenvalue weighted by Crippen LogP contribution is 1.95. The van der Waals surface area contributed by atoms with Crippen LogP contribution in [0.1, 0.15) is 0 Å². The molecule has 2 aromatic rings. The quantitative estimate of drug-likeness (QED) is 0.547. The van der Waals surface area contributed by atoms with Crippen LogP contribution in [0.25, 0.3) is 5.65 Å². The molecule has 0 unspecified atom stereocenters. The monoisotopic (exact) mass is 138 g/mol. The van der Waals surface area contributed by atoms with Crippen molar-refractivity contribution in [3.8, 4) is 0 Å². The largest absolute Gasteiger partial charge is 0.333 e. The number of nitrogens with zero attached hydrogens (tertiary/aromatic N) is 2. The minimum atomic E-state index is 1.03. The predicted octanol–water partition coefficient (Wildman–Crippen LogP) is 0.237. The van der Waals surface area contributed by atoms with E-state index in [4.69, 9.17) is 0 Å². The van der Waals surface area contributed by atoms with Gasteiger partial charge in [-0.15, -0.1) is 0 Å². The summed E-state index contributed by atoms with van der Waals surface area (Å²) in [6.07, 6.45) is 3.67. The molecule has 54 valence electrons. The van der Waals surface area contributed by atoms with Gasteiger partial charge in [-0.25, -0.2) is 0 Å². The number of aromatic nitrogens is 3. The lowest BCUT2D eigenvalue weighted by atomic mass is 10.7. The second-order valence-electron chi connectivity index (χ2n) is 1.66. The Kier molecular flexibility index (Phi) is 2.07. The summed E-state index contributed by atoms with van der Waals surface area (Å²) in [6.45, 7) is 0. The van der Waals surface area contributed by atoms with Gasteiger partial charge in [-0.2, -0.15) is 5.10 Å². The van der Waals surface area contributed by atoms with Crippen molar-refractivity contribution in [1.82, 2.24) is 14.6 Å². The van der Waals surface area contributed by atoms with Crippen molar-refractivity contribution in [2.75, 3.05) is 7.05 Å². The molecule has 0 fully saturated rings. The van der Waals surface area contributed by atoms with Gasteiger partial charge in [-0.3, -0.25) is 9.50 Å². The molecule has 0 bridgehead atoms. The SMILES string of the molecule is CN.c1cc2[nH]ncn2c1. The summed E-state index contributed by atoms with van der Waals surface area (Å²) < 4.78 is 1.92. The van der Waals surface area contributed by atoms with Crippen LogP contribution in [-0.2, 0) is 0 Å². The smallest absolute Gasteiger partial charge is 0.131 e. The van der Waals surface area contributed by atoms with Crippen molar-refractivity contribution >= 4 is 5.65 Å². The highest BCUT2D eigenvalue weighted by Gasteiger charge is 1.86. The van der Waals surface area contributed by atoms with Crippen LogP contribution in [0.3, 0.4) is 0 Å². The van der Waals surface area contributed by atoms with E-state index >= 15 is 0 Å². The first-order valence-electron chi connectivity index (χ1n) is 3.00. The molecule has 0 amide bonds. The van der Waals surface area contributed by atoms with Crippen LogP contribution in [0.5, 0.6) is 0 Å². The molecule has 0 spiro atoms. The van der Waals surface area contributed by atoms with E-state index in [1.165, 1.54) is 7.05 Å². The standard InChI is InChI=1S/C5H5N3.CH5N/c1-2-5-7-6-4-8(5)3-1;1-2/h1-4,7H;2H2,1H3. The molecule has 0 aromatic carbocycles. The molecule has 4 nitrogen and oxygen atoms in total. The second kappa shape index (κ2) is 3.03. The minimum absolute atomic E-state index is 1.03. The van der Waals surface area contributed by atoms with Crippen LogP contribution in [0, 0.1) is 0 Å². The van der Waals surface area contributed by atoms with Crippen molar-refractivity contribution in [3.05, 3.63) is 24.7 Å². The summed E-state index contributed by atoms with van der Waals surface area (Å²) in [6, 6.07) is 3.93. The van der Waals surface area contributed by atoms with Crippen molar-refractivity contribution in [2.24, 2.45) is 5.73 Å². The van der Waals surface area contributed by atoms with Gasteiger partial charge >= 0.3 is 0 Å². The molecule has 0 aliphatic heterocycles. The lowest BCUT2D eigenvalue weighted by Crippen LogP contribution is -1.69. The van der Waals surface area contributed by atoms with Gasteiger partial charge < -0.3 is 5.73 Å². The average Bonchev–Trinajstić information content (AvgIpc) is 2.49. The molecular weight excluding hydrogens is 128 g/mol. The summed E-state index contributed by atoms with van der Waals surface area (Å²) in [5.74, 6) is 0. The van der Waals surface area contributed by atoms with Crippen LogP contribution in [0.2, 0.25) is 0 Å². The van der Waals surface area contributed by atoms with Crippen molar-refractivity contribution in [3.63, 3.8) is 0 Å². The van der Waals surface area contributed by atoms with E-state index in [9.17, 15) is 0 Å². The third kappa shape index (κ3) is 1.01. The molecular formula is C6H10N4. The highest BCUT2D eigenvalue weighted by atomic mass is 15.2. The Bertz CT molecular complexity index is 231. The average molecular weight is 138 g/mol. The Morgan fingerprint density at radius 3 is 3.10 bits per heavy atom. The topological polar surface area (TPSA) is 59.1 Å². The van der Waals surface area contributed by atoms with Crippen LogP contribution in [0.15, 0.2) is 24.7 Å². The first-order chi connectivity index (χ1) is 4.97. The molecule has 2 aromatic heterocycles. The Morgan fingerprint density at radius 2 is 2.40 bits per heavy atom. The van der Waals surface area contributed by atoms with Gasteiger partial charge in [0.2, 0.25) is 0 Å². The third-order valence-electron chi connectivity index (χ3n) is 1.14. The fourth-order valence-corrected chi connectivity index (χ4v) is 0.746. The van der Waals surface area contributed by atoms with Crippen molar-refractivity contribution in [1.29, 1.82) is 0 Å². The zero-order valence-electron chi connectivity index (χ0n) is 5.78. The van der Waals surface area contributed by atoms with E-state index in [1.807, 2.05) is 22.7 Å². The Labute approximate surface area is 58.7 Å². The van der Waals surface area contributed by atoms with Gasteiger partial charge in [-0.1, -0.05) is 0 Å². The number of nitrogens with two attached hydrogens (primary N) is 1. The number of hydrogen-bond donors (Lipinski definition) is 2. The molecule has 0 aliphatic rings. The number of hydrogen-bond acceptors (Lipinski definition) is 2. The molecule has 4 heteroatoms. The number of aromatic amines is 1. The van der Waals surface area contributed by atoms with E-state index in [2.05, 4.69) is 15.9 Å². The van der Waals surface area contributed by atoms with Crippen molar-refractivity contribution < 1.29 is 0 Å².